The van der Waals surface area contributed by atoms with Gasteiger partial charge in [0.25, 0.3) is 0 Å². The second-order valence-electron chi connectivity index (χ2n) is 4.18. The van der Waals surface area contributed by atoms with Gasteiger partial charge in [-0.3, -0.25) is 9.59 Å². The first kappa shape index (κ1) is 14.7. The highest BCUT2D eigenvalue weighted by Crippen LogP contribution is 2.08. The van der Waals surface area contributed by atoms with E-state index in [1.165, 1.54) is 0 Å². The summed E-state index contributed by atoms with van der Waals surface area (Å²) in [4.78, 5) is 23.0. The van der Waals surface area contributed by atoms with E-state index in [2.05, 4.69) is 16.0 Å². The Bertz CT molecular complexity index is 333. The Balaban J connectivity index is 2.13. The summed E-state index contributed by atoms with van der Waals surface area (Å²) in [7, 11) is 1.58. The van der Waals surface area contributed by atoms with Gasteiger partial charge in [-0.25, -0.2) is 0 Å². The van der Waals surface area contributed by atoms with Crippen LogP contribution in [-0.2, 0) is 14.3 Å². The molecule has 0 unspecified atom stereocenters. The summed E-state index contributed by atoms with van der Waals surface area (Å²) in [5.74, 6) is -0.167. The third kappa shape index (κ3) is 4.85. The van der Waals surface area contributed by atoms with E-state index >= 15 is 0 Å². The summed E-state index contributed by atoms with van der Waals surface area (Å²) < 4.78 is 4.82. The largest absolute Gasteiger partial charge is 0.383 e. The third-order valence-corrected chi connectivity index (χ3v) is 2.81. The summed E-state index contributed by atoms with van der Waals surface area (Å²) in [6.45, 7) is 4.74. The number of methoxy groups -OCH3 is 1. The Morgan fingerprint density at radius 1 is 1.28 bits per heavy atom. The Hall–Kier alpha value is -1.40. The van der Waals surface area contributed by atoms with Crippen molar-refractivity contribution in [3.8, 4) is 0 Å². The van der Waals surface area contributed by atoms with Crippen molar-refractivity contribution >= 4 is 11.8 Å². The van der Waals surface area contributed by atoms with Gasteiger partial charge in [-0.05, 0) is 12.5 Å². The molecule has 18 heavy (non-hydrogen) atoms. The van der Waals surface area contributed by atoms with Crippen LogP contribution in [0.4, 0.5) is 0 Å². The number of hydrogen-bond donors (Lipinski definition) is 3. The van der Waals surface area contributed by atoms with E-state index in [0.29, 0.717) is 19.7 Å². The molecular weight excluding hydrogens is 234 g/mol. The van der Waals surface area contributed by atoms with E-state index in [-0.39, 0.29) is 18.2 Å². The molecule has 3 N–H and O–H groups in total. The fourth-order valence-corrected chi connectivity index (χ4v) is 1.48. The van der Waals surface area contributed by atoms with Crippen molar-refractivity contribution in [1.29, 1.82) is 0 Å². The highest BCUT2D eigenvalue weighted by Gasteiger charge is 2.15. The van der Waals surface area contributed by atoms with Crippen molar-refractivity contribution in [1.82, 2.24) is 16.0 Å². The lowest BCUT2D eigenvalue weighted by Gasteiger charge is -2.21. The molecule has 1 saturated heterocycles. The molecule has 0 bridgehead atoms. The van der Waals surface area contributed by atoms with Gasteiger partial charge in [0.05, 0.1) is 6.61 Å². The van der Waals surface area contributed by atoms with Crippen LogP contribution in [0.15, 0.2) is 11.1 Å². The van der Waals surface area contributed by atoms with E-state index in [1.54, 1.807) is 7.11 Å². The number of amides is 2. The molecule has 0 saturated carbocycles. The predicted octanol–water partition coefficient (Wildman–Crippen LogP) is -0.825. The fraction of sp³-hybridized carbons (Fsp3) is 0.667. The first-order chi connectivity index (χ1) is 8.65. The molecule has 1 rings (SSSR count). The number of carbonyl (C=O) groups is 2. The molecule has 6 heteroatoms. The SMILES string of the molecule is COCCNC(=O)CCNC(=O)C(C)=C1CNC1. The maximum atomic E-state index is 11.7. The molecule has 2 amide bonds. The van der Waals surface area contributed by atoms with E-state index in [1.807, 2.05) is 6.92 Å². The zero-order valence-electron chi connectivity index (χ0n) is 11.0. The number of ether oxygens (including phenoxy) is 1. The van der Waals surface area contributed by atoms with Crippen LogP contribution in [0.1, 0.15) is 13.3 Å². The van der Waals surface area contributed by atoms with Gasteiger partial charge in [0.2, 0.25) is 11.8 Å². The van der Waals surface area contributed by atoms with Crippen LogP contribution in [0, 0.1) is 0 Å². The van der Waals surface area contributed by atoms with E-state index in [4.69, 9.17) is 4.74 Å². The van der Waals surface area contributed by atoms with Gasteiger partial charge >= 0.3 is 0 Å². The van der Waals surface area contributed by atoms with Crippen LogP contribution in [0.2, 0.25) is 0 Å². The zero-order chi connectivity index (χ0) is 13.4. The number of hydrogen-bond acceptors (Lipinski definition) is 4. The van der Waals surface area contributed by atoms with Crippen molar-refractivity contribution in [2.75, 3.05) is 39.9 Å². The van der Waals surface area contributed by atoms with Crippen LogP contribution < -0.4 is 16.0 Å². The van der Waals surface area contributed by atoms with E-state index < -0.39 is 0 Å². The predicted molar refractivity (Wildman–Crippen MR) is 68.1 cm³/mol. The van der Waals surface area contributed by atoms with Crippen LogP contribution >= 0.6 is 0 Å². The molecule has 6 nitrogen and oxygen atoms in total. The molecule has 0 aromatic carbocycles. The summed E-state index contributed by atoms with van der Waals surface area (Å²) in [5, 5.41) is 8.52. The average Bonchev–Trinajstić information content (AvgIpc) is 2.26. The highest BCUT2D eigenvalue weighted by molar-refractivity contribution is 5.94. The van der Waals surface area contributed by atoms with Gasteiger partial charge in [-0.15, -0.1) is 0 Å². The summed E-state index contributed by atoms with van der Waals surface area (Å²) in [6.07, 6.45) is 0.288. The topological polar surface area (TPSA) is 79.5 Å². The summed E-state index contributed by atoms with van der Waals surface area (Å²) in [6, 6.07) is 0. The summed E-state index contributed by atoms with van der Waals surface area (Å²) >= 11 is 0. The van der Waals surface area contributed by atoms with Gasteiger partial charge in [-0.1, -0.05) is 0 Å². The van der Waals surface area contributed by atoms with Crippen molar-refractivity contribution < 1.29 is 14.3 Å². The summed E-state index contributed by atoms with van der Waals surface area (Å²) in [5.41, 5.74) is 1.89. The lowest BCUT2D eigenvalue weighted by molar-refractivity contribution is -0.121. The van der Waals surface area contributed by atoms with Crippen molar-refractivity contribution in [3.05, 3.63) is 11.1 Å². The first-order valence-electron chi connectivity index (χ1n) is 6.08. The zero-order valence-corrected chi connectivity index (χ0v) is 11.0. The van der Waals surface area contributed by atoms with Crippen LogP contribution in [-0.4, -0.2) is 51.7 Å². The monoisotopic (exact) mass is 255 g/mol. The van der Waals surface area contributed by atoms with Crippen molar-refractivity contribution in [2.24, 2.45) is 0 Å². The van der Waals surface area contributed by atoms with E-state index in [0.717, 1.165) is 24.2 Å². The van der Waals surface area contributed by atoms with Crippen LogP contribution in [0.3, 0.4) is 0 Å². The fourth-order valence-electron chi connectivity index (χ4n) is 1.48. The smallest absolute Gasteiger partial charge is 0.246 e. The molecule has 102 valence electrons. The van der Waals surface area contributed by atoms with Gasteiger partial charge in [-0.2, -0.15) is 0 Å². The first-order valence-corrected chi connectivity index (χ1v) is 6.08. The van der Waals surface area contributed by atoms with Gasteiger partial charge < -0.3 is 20.7 Å². The lowest BCUT2D eigenvalue weighted by atomic mass is 10.0. The molecule has 0 radical (unpaired) electrons. The van der Waals surface area contributed by atoms with Crippen molar-refractivity contribution in [2.45, 2.75) is 13.3 Å². The molecule has 0 atom stereocenters. The van der Waals surface area contributed by atoms with Crippen molar-refractivity contribution in [3.63, 3.8) is 0 Å². The standard InChI is InChI=1S/C12H21N3O3/c1-9(10-7-13-8-10)12(17)15-4-3-11(16)14-5-6-18-2/h13H,3-8H2,1-2H3,(H,14,16)(H,15,17). The van der Waals surface area contributed by atoms with E-state index in [9.17, 15) is 9.59 Å². The molecule has 1 aliphatic heterocycles. The molecule has 1 aliphatic rings. The number of nitrogens with one attached hydrogen (secondary N) is 3. The molecule has 1 fully saturated rings. The lowest BCUT2D eigenvalue weighted by Crippen LogP contribution is -2.38. The molecule has 1 heterocycles. The normalized spacial score (nSPS) is 13.8. The molecular formula is C12H21N3O3. The second kappa shape index (κ2) is 7.84. The third-order valence-electron chi connectivity index (χ3n) is 2.81. The minimum Gasteiger partial charge on any atom is -0.383 e. The highest BCUT2D eigenvalue weighted by atomic mass is 16.5. The molecule has 0 aromatic rings. The maximum absolute atomic E-state index is 11.7. The van der Waals surface area contributed by atoms with Gasteiger partial charge in [0.15, 0.2) is 0 Å². The average molecular weight is 255 g/mol. The molecule has 0 aromatic heterocycles. The number of rotatable bonds is 7. The number of carbonyl (C=O) groups excluding carboxylic acids is 2. The molecule has 0 aliphatic carbocycles. The molecule has 0 spiro atoms. The van der Waals surface area contributed by atoms with Gasteiger partial charge in [0, 0.05) is 45.3 Å². The van der Waals surface area contributed by atoms with Gasteiger partial charge in [0.1, 0.15) is 0 Å². The van der Waals surface area contributed by atoms with Crippen LogP contribution in [0.5, 0.6) is 0 Å². The quantitative estimate of drug-likeness (QED) is 0.410. The minimum absolute atomic E-state index is 0.0806. The Labute approximate surface area is 107 Å². The second-order valence-corrected chi connectivity index (χ2v) is 4.18. The Kier molecular flexibility index (Phi) is 6.38. The Morgan fingerprint density at radius 3 is 2.56 bits per heavy atom. The van der Waals surface area contributed by atoms with Crippen LogP contribution in [0.25, 0.3) is 0 Å². The maximum Gasteiger partial charge on any atom is 0.246 e. The minimum atomic E-state index is -0.0869. The Morgan fingerprint density at radius 2 is 2.00 bits per heavy atom.